The van der Waals surface area contributed by atoms with E-state index in [0.717, 1.165) is 42.0 Å². The largest absolute Gasteiger partial charge is 0.368 e. The van der Waals surface area contributed by atoms with Gasteiger partial charge in [0.15, 0.2) is 0 Å². The van der Waals surface area contributed by atoms with Crippen molar-refractivity contribution < 1.29 is 0 Å². The summed E-state index contributed by atoms with van der Waals surface area (Å²) in [5.74, 6) is 0.334. The summed E-state index contributed by atoms with van der Waals surface area (Å²) in [6, 6.07) is 7.63. The Labute approximate surface area is 135 Å². The second-order valence-corrected chi connectivity index (χ2v) is 4.73. The molecule has 3 rings (SSSR count). The SMILES string of the molecule is Cl.Cl.Nc1nc2c(c(-c3ccc(Cl)cc3)n1)CNCC2. The molecule has 3 N–H and O–H groups in total. The van der Waals surface area contributed by atoms with Gasteiger partial charge in [-0.3, -0.25) is 0 Å². The lowest BCUT2D eigenvalue weighted by atomic mass is 10.0. The highest BCUT2D eigenvalue weighted by Crippen LogP contribution is 2.27. The second-order valence-electron chi connectivity index (χ2n) is 4.29. The number of nitrogens with one attached hydrogen (secondary N) is 1. The summed E-state index contributed by atoms with van der Waals surface area (Å²) < 4.78 is 0. The fourth-order valence-electron chi connectivity index (χ4n) is 2.21. The molecule has 0 amide bonds. The third-order valence-corrected chi connectivity index (χ3v) is 3.32. The van der Waals surface area contributed by atoms with Crippen LogP contribution in [0.1, 0.15) is 11.3 Å². The van der Waals surface area contributed by atoms with Gasteiger partial charge in [-0.05, 0) is 12.1 Å². The van der Waals surface area contributed by atoms with Gasteiger partial charge in [0.25, 0.3) is 0 Å². The van der Waals surface area contributed by atoms with Crippen LogP contribution in [0.2, 0.25) is 5.02 Å². The van der Waals surface area contributed by atoms with Gasteiger partial charge in [0, 0.05) is 35.7 Å². The number of anilines is 1. The van der Waals surface area contributed by atoms with Crippen molar-refractivity contribution in [1.82, 2.24) is 15.3 Å². The van der Waals surface area contributed by atoms with Crippen molar-refractivity contribution >= 4 is 42.4 Å². The summed E-state index contributed by atoms with van der Waals surface area (Å²) in [4.78, 5) is 8.69. The Balaban J connectivity index is 0.000001000. The fraction of sp³-hybridized carbons (Fsp3) is 0.231. The standard InChI is InChI=1S/C13H13ClN4.2ClH/c14-9-3-1-8(2-4-9)12-10-7-16-6-5-11(10)17-13(15)18-12;;/h1-4,16H,5-7H2,(H2,15,17,18);2*1H. The van der Waals surface area contributed by atoms with E-state index in [0.29, 0.717) is 11.0 Å². The Morgan fingerprint density at radius 2 is 1.80 bits per heavy atom. The predicted molar refractivity (Wildman–Crippen MR) is 86.8 cm³/mol. The lowest BCUT2D eigenvalue weighted by molar-refractivity contribution is 0.629. The summed E-state index contributed by atoms with van der Waals surface area (Å²) >= 11 is 5.90. The highest BCUT2D eigenvalue weighted by atomic mass is 35.5. The molecule has 20 heavy (non-hydrogen) atoms. The van der Waals surface area contributed by atoms with Gasteiger partial charge in [0.05, 0.1) is 11.4 Å². The van der Waals surface area contributed by atoms with E-state index in [9.17, 15) is 0 Å². The quantitative estimate of drug-likeness (QED) is 0.842. The molecule has 1 aliphatic rings. The number of nitrogens with two attached hydrogens (primary N) is 1. The highest BCUT2D eigenvalue weighted by Gasteiger charge is 2.17. The van der Waals surface area contributed by atoms with E-state index < -0.39 is 0 Å². The molecule has 1 aromatic heterocycles. The van der Waals surface area contributed by atoms with E-state index in [1.54, 1.807) is 0 Å². The molecular weight excluding hydrogens is 319 g/mol. The lowest BCUT2D eigenvalue weighted by Crippen LogP contribution is -2.26. The molecule has 0 bridgehead atoms. The molecular formula is C13H15Cl3N4. The van der Waals surface area contributed by atoms with Crippen LogP contribution in [0.3, 0.4) is 0 Å². The predicted octanol–water partition coefficient (Wildman–Crippen LogP) is 2.87. The number of hydrogen-bond acceptors (Lipinski definition) is 4. The van der Waals surface area contributed by atoms with Crippen LogP contribution in [-0.2, 0) is 13.0 Å². The van der Waals surface area contributed by atoms with Gasteiger partial charge in [0.2, 0.25) is 5.95 Å². The Bertz CT molecular complexity index is 587. The van der Waals surface area contributed by atoms with Gasteiger partial charge in [-0.25, -0.2) is 9.97 Å². The number of nitrogens with zero attached hydrogens (tertiary/aromatic N) is 2. The second kappa shape index (κ2) is 7.09. The zero-order chi connectivity index (χ0) is 12.5. The number of nitrogen functional groups attached to an aromatic ring is 1. The van der Waals surface area contributed by atoms with E-state index in [2.05, 4.69) is 15.3 Å². The average molecular weight is 334 g/mol. The smallest absolute Gasteiger partial charge is 0.220 e. The van der Waals surface area contributed by atoms with E-state index in [-0.39, 0.29) is 24.8 Å². The molecule has 7 heteroatoms. The lowest BCUT2D eigenvalue weighted by Gasteiger charge is -2.19. The number of halogens is 3. The van der Waals surface area contributed by atoms with Crippen LogP contribution in [0.4, 0.5) is 5.95 Å². The summed E-state index contributed by atoms with van der Waals surface area (Å²) in [6.07, 6.45) is 0.892. The Morgan fingerprint density at radius 1 is 1.10 bits per heavy atom. The van der Waals surface area contributed by atoms with Crippen LogP contribution in [0.25, 0.3) is 11.3 Å². The average Bonchev–Trinajstić information content (AvgIpc) is 2.38. The molecule has 1 aliphatic heterocycles. The Hall–Kier alpha value is -1.07. The minimum atomic E-state index is 0. The van der Waals surface area contributed by atoms with Crippen LogP contribution in [-0.4, -0.2) is 16.5 Å². The first-order valence-corrected chi connectivity index (χ1v) is 6.24. The topological polar surface area (TPSA) is 63.8 Å². The molecule has 108 valence electrons. The maximum atomic E-state index is 5.90. The third-order valence-electron chi connectivity index (χ3n) is 3.07. The van der Waals surface area contributed by atoms with Crippen molar-refractivity contribution in [3.05, 3.63) is 40.5 Å². The monoisotopic (exact) mass is 332 g/mol. The molecule has 0 spiro atoms. The van der Waals surface area contributed by atoms with Crippen molar-refractivity contribution in [3.8, 4) is 11.3 Å². The van der Waals surface area contributed by atoms with Crippen LogP contribution in [0, 0.1) is 0 Å². The molecule has 0 radical (unpaired) electrons. The van der Waals surface area contributed by atoms with Crippen molar-refractivity contribution in [2.75, 3.05) is 12.3 Å². The Morgan fingerprint density at radius 3 is 2.50 bits per heavy atom. The van der Waals surface area contributed by atoms with Crippen molar-refractivity contribution in [1.29, 1.82) is 0 Å². The maximum Gasteiger partial charge on any atom is 0.220 e. The molecule has 2 aromatic rings. The van der Waals surface area contributed by atoms with Crippen LogP contribution in [0.5, 0.6) is 0 Å². The molecule has 4 nitrogen and oxygen atoms in total. The summed E-state index contributed by atoms with van der Waals surface area (Å²) in [7, 11) is 0. The van der Waals surface area contributed by atoms with Gasteiger partial charge in [-0.2, -0.15) is 0 Å². The third kappa shape index (κ3) is 3.33. The maximum absolute atomic E-state index is 5.90. The zero-order valence-corrected chi connectivity index (χ0v) is 13.0. The van der Waals surface area contributed by atoms with E-state index in [4.69, 9.17) is 17.3 Å². The number of benzene rings is 1. The number of rotatable bonds is 1. The van der Waals surface area contributed by atoms with Crippen LogP contribution >= 0.6 is 36.4 Å². The minimum Gasteiger partial charge on any atom is -0.368 e. The first-order chi connectivity index (χ1) is 8.74. The first-order valence-electron chi connectivity index (χ1n) is 5.86. The Kier molecular flexibility index (Phi) is 6.02. The minimum absolute atomic E-state index is 0. The zero-order valence-electron chi connectivity index (χ0n) is 10.6. The van der Waals surface area contributed by atoms with E-state index in [1.807, 2.05) is 24.3 Å². The number of hydrogen-bond donors (Lipinski definition) is 2. The van der Waals surface area contributed by atoms with Gasteiger partial charge in [-0.15, -0.1) is 24.8 Å². The molecule has 2 heterocycles. The van der Waals surface area contributed by atoms with Crippen LogP contribution in [0.15, 0.2) is 24.3 Å². The van der Waals surface area contributed by atoms with Gasteiger partial charge < -0.3 is 11.1 Å². The van der Waals surface area contributed by atoms with Crippen molar-refractivity contribution in [3.63, 3.8) is 0 Å². The van der Waals surface area contributed by atoms with Crippen molar-refractivity contribution in [2.24, 2.45) is 0 Å². The fourth-order valence-corrected chi connectivity index (χ4v) is 2.33. The van der Waals surface area contributed by atoms with Gasteiger partial charge in [-0.1, -0.05) is 23.7 Å². The molecule has 1 aromatic carbocycles. The number of fused-ring (bicyclic) bond motifs is 1. The molecule has 0 saturated carbocycles. The molecule has 0 atom stereocenters. The number of aromatic nitrogens is 2. The van der Waals surface area contributed by atoms with Gasteiger partial charge in [0.1, 0.15) is 0 Å². The van der Waals surface area contributed by atoms with E-state index in [1.165, 1.54) is 0 Å². The molecule has 0 aliphatic carbocycles. The van der Waals surface area contributed by atoms with E-state index >= 15 is 0 Å². The van der Waals surface area contributed by atoms with Crippen LogP contribution < -0.4 is 11.1 Å². The highest BCUT2D eigenvalue weighted by molar-refractivity contribution is 6.30. The first kappa shape index (κ1) is 17.0. The molecule has 0 fully saturated rings. The normalized spacial score (nSPS) is 12.8. The molecule has 0 saturated heterocycles. The van der Waals surface area contributed by atoms with Crippen molar-refractivity contribution in [2.45, 2.75) is 13.0 Å². The summed E-state index contributed by atoms with van der Waals surface area (Å²) in [5.41, 5.74) is 9.89. The summed E-state index contributed by atoms with van der Waals surface area (Å²) in [5, 5.41) is 4.05. The summed E-state index contributed by atoms with van der Waals surface area (Å²) in [6.45, 7) is 1.72. The van der Waals surface area contributed by atoms with Gasteiger partial charge >= 0.3 is 0 Å². The molecule has 0 unspecified atom stereocenters.